The third kappa shape index (κ3) is 3.27. The molecule has 3 rings (SSSR count). The number of fused-ring (bicyclic) bond motifs is 1. The van der Waals surface area contributed by atoms with Crippen molar-refractivity contribution in [3.8, 4) is 0 Å². The van der Waals surface area contributed by atoms with Gasteiger partial charge in [0.25, 0.3) is 0 Å². The van der Waals surface area contributed by atoms with E-state index in [-0.39, 0.29) is 0 Å². The minimum absolute atomic E-state index is 0.383. The number of hydrogen-bond acceptors (Lipinski definition) is 5. The Morgan fingerprint density at radius 3 is 2.86 bits per heavy atom. The van der Waals surface area contributed by atoms with Gasteiger partial charge in [0, 0.05) is 52.4 Å². The summed E-state index contributed by atoms with van der Waals surface area (Å²) in [6, 6.07) is 0. The van der Waals surface area contributed by atoms with E-state index in [4.69, 9.17) is 9.47 Å². The molecule has 2 aliphatic rings. The highest BCUT2D eigenvalue weighted by atomic mass is 16.5. The predicted octanol–water partition coefficient (Wildman–Crippen LogP) is 1.27. The zero-order valence-electron chi connectivity index (χ0n) is 13.1. The lowest BCUT2D eigenvalue weighted by atomic mass is 9.95. The summed E-state index contributed by atoms with van der Waals surface area (Å²) in [6.07, 6.45) is 2.36. The van der Waals surface area contributed by atoms with Gasteiger partial charge in [-0.15, -0.1) is 5.10 Å². The fourth-order valence-electron chi connectivity index (χ4n) is 3.59. The van der Waals surface area contributed by atoms with Crippen LogP contribution in [0.5, 0.6) is 0 Å². The first-order valence-corrected chi connectivity index (χ1v) is 8.03. The normalized spacial score (nSPS) is 24.2. The summed E-state index contributed by atoms with van der Waals surface area (Å²) in [5.74, 6) is 1.14. The van der Waals surface area contributed by atoms with E-state index in [1.165, 1.54) is 18.5 Å². The zero-order valence-corrected chi connectivity index (χ0v) is 13.1. The first-order valence-electron chi connectivity index (χ1n) is 8.03. The maximum absolute atomic E-state index is 5.46. The van der Waals surface area contributed by atoms with E-state index in [0.29, 0.717) is 5.92 Å². The second-order valence-corrected chi connectivity index (χ2v) is 6.14. The lowest BCUT2D eigenvalue weighted by Gasteiger charge is -2.35. The second kappa shape index (κ2) is 6.85. The van der Waals surface area contributed by atoms with Crippen LogP contribution in [0.15, 0.2) is 0 Å². The van der Waals surface area contributed by atoms with E-state index < -0.39 is 0 Å². The van der Waals surface area contributed by atoms with Crippen molar-refractivity contribution in [1.29, 1.82) is 0 Å². The number of methoxy groups -OCH3 is 1. The highest BCUT2D eigenvalue weighted by Crippen LogP contribution is 2.29. The molecular formula is C15H26N4O2. The van der Waals surface area contributed by atoms with Gasteiger partial charge >= 0.3 is 0 Å². The molecule has 1 saturated heterocycles. The van der Waals surface area contributed by atoms with Gasteiger partial charge in [-0.3, -0.25) is 4.90 Å². The van der Waals surface area contributed by atoms with Crippen molar-refractivity contribution in [3.63, 3.8) is 0 Å². The molecule has 21 heavy (non-hydrogen) atoms. The highest BCUT2D eigenvalue weighted by molar-refractivity contribution is 5.20. The Labute approximate surface area is 126 Å². The number of nitrogens with zero attached hydrogens (tertiary/aromatic N) is 4. The molecule has 0 radical (unpaired) electrons. The molecule has 6 heteroatoms. The van der Waals surface area contributed by atoms with Gasteiger partial charge < -0.3 is 9.47 Å². The number of hydrogen-bond donors (Lipinski definition) is 0. The number of aromatic nitrogens is 3. The summed E-state index contributed by atoms with van der Waals surface area (Å²) in [6.45, 7) is 8.68. The molecule has 0 saturated carbocycles. The van der Waals surface area contributed by atoms with Gasteiger partial charge in [-0.2, -0.15) is 0 Å². The molecule has 1 atom stereocenters. The van der Waals surface area contributed by atoms with Crippen LogP contribution >= 0.6 is 0 Å². The average Bonchev–Trinajstić information content (AvgIpc) is 2.92. The van der Waals surface area contributed by atoms with Crippen LogP contribution in [-0.2, 0) is 22.6 Å². The molecule has 6 nitrogen and oxygen atoms in total. The Morgan fingerprint density at radius 1 is 1.33 bits per heavy atom. The van der Waals surface area contributed by atoms with Gasteiger partial charge in [-0.25, -0.2) is 4.68 Å². The van der Waals surface area contributed by atoms with Gasteiger partial charge in [0.1, 0.15) is 5.69 Å². The molecule has 1 aromatic rings. The number of ether oxygens (including phenoxy) is 2. The van der Waals surface area contributed by atoms with Crippen molar-refractivity contribution in [2.24, 2.45) is 5.92 Å². The van der Waals surface area contributed by atoms with Gasteiger partial charge in [0.05, 0.1) is 12.3 Å². The van der Waals surface area contributed by atoms with E-state index in [1.807, 2.05) is 4.68 Å². The van der Waals surface area contributed by atoms with Crippen molar-refractivity contribution in [2.45, 2.75) is 38.8 Å². The second-order valence-electron chi connectivity index (χ2n) is 6.14. The molecular weight excluding hydrogens is 268 g/mol. The molecule has 3 heterocycles. The van der Waals surface area contributed by atoms with Crippen molar-refractivity contribution >= 4 is 0 Å². The van der Waals surface area contributed by atoms with Crippen molar-refractivity contribution in [1.82, 2.24) is 19.9 Å². The Balaban J connectivity index is 1.71. The minimum Gasteiger partial charge on any atom is -0.384 e. The maximum atomic E-state index is 5.46. The quantitative estimate of drug-likeness (QED) is 0.818. The van der Waals surface area contributed by atoms with E-state index in [2.05, 4.69) is 22.1 Å². The molecule has 1 aromatic heterocycles. The van der Waals surface area contributed by atoms with E-state index in [1.54, 1.807) is 7.11 Å². The van der Waals surface area contributed by atoms with Crippen molar-refractivity contribution in [3.05, 3.63) is 11.4 Å². The first-order chi connectivity index (χ1) is 10.3. The summed E-state index contributed by atoms with van der Waals surface area (Å²) in [4.78, 5) is 2.52. The van der Waals surface area contributed by atoms with Crippen LogP contribution in [-0.4, -0.2) is 59.9 Å². The smallest absolute Gasteiger partial charge is 0.100 e. The Bertz CT molecular complexity index is 457. The van der Waals surface area contributed by atoms with E-state index in [0.717, 1.165) is 57.6 Å². The fourth-order valence-corrected chi connectivity index (χ4v) is 3.59. The van der Waals surface area contributed by atoms with Crippen molar-refractivity contribution < 1.29 is 9.47 Å². The molecule has 2 aliphatic heterocycles. The van der Waals surface area contributed by atoms with E-state index >= 15 is 0 Å². The highest BCUT2D eigenvalue weighted by Gasteiger charge is 2.31. The lowest BCUT2D eigenvalue weighted by molar-refractivity contribution is 0.0456. The zero-order chi connectivity index (χ0) is 14.7. The largest absolute Gasteiger partial charge is 0.384 e. The Hall–Kier alpha value is -0.980. The van der Waals surface area contributed by atoms with Crippen molar-refractivity contribution in [2.75, 3.05) is 40.0 Å². The molecule has 0 aromatic carbocycles. The predicted molar refractivity (Wildman–Crippen MR) is 79.1 cm³/mol. The average molecular weight is 294 g/mol. The summed E-state index contributed by atoms with van der Waals surface area (Å²) >= 11 is 0. The summed E-state index contributed by atoms with van der Waals surface area (Å²) in [5, 5.41) is 8.69. The van der Waals surface area contributed by atoms with Crippen LogP contribution in [0.25, 0.3) is 0 Å². The molecule has 0 spiro atoms. The summed E-state index contributed by atoms with van der Waals surface area (Å²) in [7, 11) is 1.77. The first kappa shape index (κ1) is 14.9. The van der Waals surface area contributed by atoms with Gasteiger partial charge in [-0.05, 0) is 25.7 Å². The van der Waals surface area contributed by atoms with Crippen LogP contribution in [0.2, 0.25) is 0 Å². The number of rotatable bonds is 5. The molecule has 0 amide bonds. The van der Waals surface area contributed by atoms with Crippen LogP contribution in [0.1, 0.15) is 37.1 Å². The Morgan fingerprint density at radius 2 is 2.14 bits per heavy atom. The van der Waals surface area contributed by atoms with Gasteiger partial charge in [-0.1, -0.05) is 5.21 Å². The molecule has 0 aliphatic carbocycles. The van der Waals surface area contributed by atoms with Crippen LogP contribution in [0.4, 0.5) is 0 Å². The van der Waals surface area contributed by atoms with E-state index in [9.17, 15) is 0 Å². The molecule has 118 valence electrons. The SMILES string of the molecule is CCn1nnc2c1C(COC)CN(CC1CCOCC1)C2. The van der Waals surface area contributed by atoms with Gasteiger partial charge in [0.2, 0.25) is 0 Å². The summed E-state index contributed by atoms with van der Waals surface area (Å²) < 4.78 is 12.9. The molecule has 0 bridgehead atoms. The van der Waals surface area contributed by atoms with Crippen LogP contribution in [0, 0.1) is 5.92 Å². The number of aryl methyl sites for hydroxylation is 1. The van der Waals surface area contributed by atoms with Gasteiger partial charge in [0.15, 0.2) is 0 Å². The van der Waals surface area contributed by atoms with Crippen LogP contribution in [0.3, 0.4) is 0 Å². The molecule has 0 N–H and O–H groups in total. The summed E-state index contributed by atoms with van der Waals surface area (Å²) in [5.41, 5.74) is 2.42. The molecule has 1 fully saturated rings. The lowest BCUT2D eigenvalue weighted by Crippen LogP contribution is -2.40. The van der Waals surface area contributed by atoms with Crippen LogP contribution < -0.4 is 0 Å². The third-order valence-electron chi connectivity index (χ3n) is 4.61. The topological polar surface area (TPSA) is 52.4 Å². The fraction of sp³-hybridized carbons (Fsp3) is 0.867. The molecule has 1 unspecified atom stereocenters. The Kier molecular flexibility index (Phi) is 4.87. The standard InChI is InChI=1S/C15H26N4O2/c1-3-19-15-13(11-20-2)9-18(10-14(15)16-17-19)8-12-4-6-21-7-5-12/h12-13H,3-11H2,1-2H3. The third-order valence-corrected chi connectivity index (χ3v) is 4.61. The monoisotopic (exact) mass is 294 g/mol. The maximum Gasteiger partial charge on any atom is 0.100 e. The minimum atomic E-state index is 0.383.